The summed E-state index contributed by atoms with van der Waals surface area (Å²) in [5.74, 6) is 2.59. The Labute approximate surface area is 122 Å². The Kier molecular flexibility index (Phi) is 5.21. The SMILES string of the molecule is C=C(COC(C)(C)C)N1CCC(N2CCSCC2)C1. The predicted octanol–water partition coefficient (Wildman–Crippen LogP) is 2.44. The van der Waals surface area contributed by atoms with Crippen LogP contribution in [-0.4, -0.2) is 65.7 Å². The van der Waals surface area contributed by atoms with E-state index in [4.69, 9.17) is 4.74 Å². The second-order valence-corrected chi connectivity index (χ2v) is 7.73. The Morgan fingerprint density at radius 3 is 2.58 bits per heavy atom. The van der Waals surface area contributed by atoms with Gasteiger partial charge in [-0.25, -0.2) is 0 Å². The van der Waals surface area contributed by atoms with Gasteiger partial charge in [0.1, 0.15) is 0 Å². The van der Waals surface area contributed by atoms with Crippen molar-refractivity contribution in [1.29, 1.82) is 0 Å². The van der Waals surface area contributed by atoms with Crippen LogP contribution in [-0.2, 0) is 4.74 Å². The molecule has 110 valence electrons. The smallest absolute Gasteiger partial charge is 0.0865 e. The molecular formula is C15H28N2OS. The van der Waals surface area contributed by atoms with Gasteiger partial charge in [-0.2, -0.15) is 11.8 Å². The summed E-state index contributed by atoms with van der Waals surface area (Å²) in [6.45, 7) is 15.9. The van der Waals surface area contributed by atoms with Gasteiger partial charge in [0.05, 0.1) is 12.2 Å². The average Bonchev–Trinajstić information content (AvgIpc) is 2.86. The molecule has 2 aliphatic rings. The number of hydrogen-bond donors (Lipinski definition) is 0. The summed E-state index contributed by atoms with van der Waals surface area (Å²) >= 11 is 2.08. The second kappa shape index (κ2) is 6.51. The molecule has 0 spiro atoms. The van der Waals surface area contributed by atoms with E-state index in [9.17, 15) is 0 Å². The molecule has 0 aromatic heterocycles. The summed E-state index contributed by atoms with van der Waals surface area (Å²) < 4.78 is 5.83. The lowest BCUT2D eigenvalue weighted by Gasteiger charge is -2.32. The van der Waals surface area contributed by atoms with Crippen molar-refractivity contribution in [1.82, 2.24) is 9.80 Å². The number of rotatable bonds is 4. The van der Waals surface area contributed by atoms with E-state index in [0.717, 1.165) is 24.8 Å². The van der Waals surface area contributed by atoms with Gasteiger partial charge in [0.2, 0.25) is 0 Å². The molecule has 0 aromatic rings. The van der Waals surface area contributed by atoms with E-state index < -0.39 is 0 Å². The van der Waals surface area contributed by atoms with Crippen molar-refractivity contribution in [3.8, 4) is 0 Å². The lowest BCUT2D eigenvalue weighted by atomic mass is 10.2. The number of hydrogen-bond acceptors (Lipinski definition) is 4. The molecule has 0 saturated carbocycles. The maximum absolute atomic E-state index is 5.83. The van der Waals surface area contributed by atoms with E-state index in [0.29, 0.717) is 6.61 Å². The first-order chi connectivity index (χ1) is 8.96. The first kappa shape index (κ1) is 15.2. The van der Waals surface area contributed by atoms with Gasteiger partial charge in [0.15, 0.2) is 0 Å². The predicted molar refractivity (Wildman–Crippen MR) is 83.7 cm³/mol. The van der Waals surface area contributed by atoms with E-state index in [1.165, 1.54) is 31.0 Å². The van der Waals surface area contributed by atoms with Crippen LogP contribution in [0, 0.1) is 0 Å². The average molecular weight is 284 g/mol. The maximum atomic E-state index is 5.83. The Bertz CT molecular complexity index is 308. The fraction of sp³-hybridized carbons (Fsp3) is 0.867. The molecule has 0 radical (unpaired) electrons. The molecule has 2 fully saturated rings. The Hall–Kier alpha value is -0.190. The first-order valence-corrected chi connectivity index (χ1v) is 8.50. The van der Waals surface area contributed by atoms with Crippen molar-refractivity contribution < 1.29 is 4.74 Å². The van der Waals surface area contributed by atoms with Crippen LogP contribution in [0.2, 0.25) is 0 Å². The van der Waals surface area contributed by atoms with Gasteiger partial charge < -0.3 is 9.64 Å². The number of likely N-dealkylation sites (tertiary alicyclic amines) is 1. The fourth-order valence-electron chi connectivity index (χ4n) is 2.66. The number of nitrogens with zero attached hydrogens (tertiary/aromatic N) is 2. The van der Waals surface area contributed by atoms with E-state index in [2.05, 4.69) is 48.9 Å². The molecule has 0 N–H and O–H groups in total. The third kappa shape index (κ3) is 4.69. The Balaban J connectivity index is 1.76. The summed E-state index contributed by atoms with van der Waals surface area (Å²) in [6, 6.07) is 0.729. The molecule has 4 heteroatoms. The van der Waals surface area contributed by atoms with Crippen molar-refractivity contribution in [3.05, 3.63) is 12.3 Å². The molecule has 0 amide bonds. The van der Waals surface area contributed by atoms with Crippen molar-refractivity contribution >= 4 is 11.8 Å². The van der Waals surface area contributed by atoms with Gasteiger partial charge in [0.25, 0.3) is 0 Å². The Morgan fingerprint density at radius 2 is 1.95 bits per heavy atom. The molecule has 0 bridgehead atoms. The zero-order valence-corrected chi connectivity index (χ0v) is 13.5. The number of thioether (sulfide) groups is 1. The van der Waals surface area contributed by atoms with Crippen LogP contribution in [0.1, 0.15) is 27.2 Å². The van der Waals surface area contributed by atoms with E-state index in [-0.39, 0.29) is 5.60 Å². The second-order valence-electron chi connectivity index (χ2n) is 6.50. The minimum atomic E-state index is -0.0772. The van der Waals surface area contributed by atoms with Crippen LogP contribution < -0.4 is 0 Å². The lowest BCUT2D eigenvalue weighted by molar-refractivity contribution is 0.00314. The van der Waals surface area contributed by atoms with Crippen LogP contribution in [0.15, 0.2) is 12.3 Å². The topological polar surface area (TPSA) is 15.7 Å². The van der Waals surface area contributed by atoms with E-state index >= 15 is 0 Å². The van der Waals surface area contributed by atoms with Gasteiger partial charge >= 0.3 is 0 Å². The van der Waals surface area contributed by atoms with Gasteiger partial charge in [-0.1, -0.05) is 6.58 Å². The van der Waals surface area contributed by atoms with E-state index in [1.807, 2.05) is 0 Å². The minimum absolute atomic E-state index is 0.0772. The minimum Gasteiger partial charge on any atom is -0.372 e. The first-order valence-electron chi connectivity index (χ1n) is 7.34. The van der Waals surface area contributed by atoms with E-state index in [1.54, 1.807) is 0 Å². The fourth-order valence-corrected chi connectivity index (χ4v) is 3.59. The highest BCUT2D eigenvalue weighted by Crippen LogP contribution is 2.22. The molecular weight excluding hydrogens is 256 g/mol. The number of ether oxygens (including phenoxy) is 1. The van der Waals surface area contributed by atoms with Gasteiger partial charge in [-0.3, -0.25) is 4.90 Å². The molecule has 2 aliphatic heterocycles. The summed E-state index contributed by atoms with van der Waals surface area (Å²) in [6.07, 6.45) is 1.28. The van der Waals surface area contributed by atoms with Crippen molar-refractivity contribution in [3.63, 3.8) is 0 Å². The molecule has 2 heterocycles. The van der Waals surface area contributed by atoms with Crippen LogP contribution in [0.4, 0.5) is 0 Å². The van der Waals surface area contributed by atoms with Crippen LogP contribution in [0.25, 0.3) is 0 Å². The summed E-state index contributed by atoms with van der Waals surface area (Å²) in [4.78, 5) is 5.08. The standard InChI is InChI=1S/C15H28N2OS/c1-13(12-18-15(2,3)4)17-6-5-14(11-17)16-7-9-19-10-8-16/h14H,1,5-12H2,2-4H3. The molecule has 3 nitrogen and oxygen atoms in total. The van der Waals surface area contributed by atoms with Crippen LogP contribution in [0.3, 0.4) is 0 Å². The molecule has 1 atom stereocenters. The highest BCUT2D eigenvalue weighted by molar-refractivity contribution is 7.99. The van der Waals surface area contributed by atoms with Crippen molar-refractivity contribution in [2.24, 2.45) is 0 Å². The monoisotopic (exact) mass is 284 g/mol. The molecule has 19 heavy (non-hydrogen) atoms. The van der Waals surface area contributed by atoms with Crippen molar-refractivity contribution in [2.75, 3.05) is 44.3 Å². The summed E-state index contributed by atoms with van der Waals surface area (Å²) in [7, 11) is 0. The van der Waals surface area contributed by atoms with Gasteiger partial charge in [-0.15, -0.1) is 0 Å². The zero-order valence-electron chi connectivity index (χ0n) is 12.7. The summed E-state index contributed by atoms with van der Waals surface area (Å²) in [5.41, 5.74) is 1.07. The molecule has 2 rings (SSSR count). The van der Waals surface area contributed by atoms with Crippen molar-refractivity contribution in [2.45, 2.75) is 38.8 Å². The Morgan fingerprint density at radius 1 is 1.26 bits per heavy atom. The maximum Gasteiger partial charge on any atom is 0.0865 e. The van der Waals surface area contributed by atoms with Crippen LogP contribution >= 0.6 is 11.8 Å². The van der Waals surface area contributed by atoms with Gasteiger partial charge in [0, 0.05) is 49.4 Å². The highest BCUT2D eigenvalue weighted by Gasteiger charge is 2.29. The quantitative estimate of drug-likeness (QED) is 0.787. The van der Waals surface area contributed by atoms with Crippen LogP contribution in [0.5, 0.6) is 0 Å². The molecule has 2 saturated heterocycles. The molecule has 0 aromatic carbocycles. The lowest BCUT2D eigenvalue weighted by Crippen LogP contribution is -2.42. The highest BCUT2D eigenvalue weighted by atomic mass is 32.2. The van der Waals surface area contributed by atoms with Gasteiger partial charge in [-0.05, 0) is 27.2 Å². The third-order valence-corrected chi connectivity index (χ3v) is 4.79. The summed E-state index contributed by atoms with van der Waals surface area (Å²) in [5, 5.41) is 0. The molecule has 0 aliphatic carbocycles. The molecule has 1 unspecified atom stereocenters. The third-order valence-electron chi connectivity index (χ3n) is 3.84. The normalized spacial score (nSPS) is 25.8. The largest absolute Gasteiger partial charge is 0.372 e. The zero-order chi connectivity index (χ0) is 13.9.